The number of hydrogen-bond donors (Lipinski definition) is 2. The Morgan fingerprint density at radius 2 is 2.05 bits per heavy atom. The van der Waals surface area contributed by atoms with Gasteiger partial charge >= 0.3 is 0 Å². The van der Waals surface area contributed by atoms with Gasteiger partial charge in [-0.1, -0.05) is 18.2 Å². The fourth-order valence-electron chi connectivity index (χ4n) is 2.16. The largest absolute Gasteiger partial charge is 0.398 e. The van der Waals surface area contributed by atoms with Crippen LogP contribution in [-0.4, -0.2) is 43.0 Å². The maximum absolute atomic E-state index is 12.1. The molecule has 5 nitrogen and oxygen atoms in total. The van der Waals surface area contributed by atoms with E-state index in [1.165, 1.54) is 0 Å². The molecule has 0 aliphatic rings. The molecule has 0 spiro atoms. The van der Waals surface area contributed by atoms with Gasteiger partial charge in [-0.15, -0.1) is 0 Å². The molecule has 1 aromatic carbocycles. The highest BCUT2D eigenvalue weighted by Gasteiger charge is 2.10. The summed E-state index contributed by atoms with van der Waals surface area (Å²) in [5.41, 5.74) is 7.68. The first-order valence-corrected chi connectivity index (χ1v) is 7.16. The SMILES string of the molecule is CN(C)CCCCNC(=O)c1cc(N)c2ccccc2n1. The summed E-state index contributed by atoms with van der Waals surface area (Å²) in [7, 11) is 4.08. The molecule has 0 unspecified atom stereocenters. The summed E-state index contributed by atoms with van der Waals surface area (Å²) >= 11 is 0. The number of aromatic nitrogens is 1. The van der Waals surface area contributed by atoms with E-state index in [2.05, 4.69) is 15.2 Å². The van der Waals surface area contributed by atoms with E-state index >= 15 is 0 Å². The maximum Gasteiger partial charge on any atom is 0.269 e. The molecule has 1 amide bonds. The highest BCUT2D eigenvalue weighted by molar-refractivity contribution is 5.99. The number of amides is 1. The van der Waals surface area contributed by atoms with Gasteiger partial charge in [0.1, 0.15) is 5.69 Å². The molecule has 112 valence electrons. The zero-order chi connectivity index (χ0) is 15.2. The minimum Gasteiger partial charge on any atom is -0.398 e. The number of fused-ring (bicyclic) bond motifs is 1. The summed E-state index contributed by atoms with van der Waals surface area (Å²) in [6, 6.07) is 9.19. The highest BCUT2D eigenvalue weighted by atomic mass is 16.1. The number of anilines is 1. The van der Waals surface area contributed by atoms with E-state index in [9.17, 15) is 4.79 Å². The number of nitrogens with zero attached hydrogens (tertiary/aromatic N) is 2. The highest BCUT2D eigenvalue weighted by Crippen LogP contribution is 2.19. The Morgan fingerprint density at radius 1 is 1.29 bits per heavy atom. The number of carbonyl (C=O) groups excluding carboxylic acids is 1. The van der Waals surface area contributed by atoms with Gasteiger partial charge in [-0.2, -0.15) is 0 Å². The monoisotopic (exact) mass is 286 g/mol. The van der Waals surface area contributed by atoms with Crippen LogP contribution in [0.15, 0.2) is 30.3 Å². The summed E-state index contributed by atoms with van der Waals surface area (Å²) in [4.78, 5) is 18.6. The summed E-state index contributed by atoms with van der Waals surface area (Å²) in [5, 5.41) is 3.76. The smallest absolute Gasteiger partial charge is 0.269 e. The van der Waals surface area contributed by atoms with Gasteiger partial charge in [-0.25, -0.2) is 4.98 Å². The van der Waals surface area contributed by atoms with Gasteiger partial charge in [0.2, 0.25) is 0 Å². The van der Waals surface area contributed by atoms with E-state index < -0.39 is 0 Å². The molecular weight excluding hydrogens is 264 g/mol. The third-order valence-electron chi connectivity index (χ3n) is 3.30. The van der Waals surface area contributed by atoms with E-state index in [4.69, 9.17) is 5.73 Å². The van der Waals surface area contributed by atoms with Crippen molar-refractivity contribution >= 4 is 22.5 Å². The number of rotatable bonds is 6. The number of carbonyl (C=O) groups is 1. The molecule has 3 N–H and O–H groups in total. The Bertz CT molecular complexity index is 625. The fourth-order valence-corrected chi connectivity index (χ4v) is 2.16. The quantitative estimate of drug-likeness (QED) is 0.796. The molecule has 0 atom stereocenters. The third kappa shape index (κ3) is 4.16. The fraction of sp³-hybridized carbons (Fsp3) is 0.375. The zero-order valence-corrected chi connectivity index (χ0v) is 12.6. The van der Waals surface area contributed by atoms with Gasteiger partial charge < -0.3 is 16.0 Å². The Kier molecular flexibility index (Phi) is 5.11. The van der Waals surface area contributed by atoms with Crippen LogP contribution < -0.4 is 11.1 Å². The molecule has 21 heavy (non-hydrogen) atoms. The van der Waals surface area contributed by atoms with Crippen molar-refractivity contribution < 1.29 is 4.79 Å². The lowest BCUT2D eigenvalue weighted by Gasteiger charge is -2.10. The van der Waals surface area contributed by atoms with Crippen LogP contribution in [0.5, 0.6) is 0 Å². The molecule has 0 aliphatic carbocycles. The van der Waals surface area contributed by atoms with Gasteiger partial charge in [0.25, 0.3) is 5.91 Å². The van der Waals surface area contributed by atoms with Crippen LogP contribution >= 0.6 is 0 Å². The molecule has 1 heterocycles. The number of para-hydroxylation sites is 1. The molecule has 2 aromatic rings. The van der Waals surface area contributed by atoms with E-state index in [0.29, 0.717) is 17.9 Å². The first kappa shape index (κ1) is 15.3. The minimum absolute atomic E-state index is 0.169. The normalized spacial score (nSPS) is 11.0. The van der Waals surface area contributed by atoms with E-state index in [1.54, 1.807) is 6.07 Å². The van der Waals surface area contributed by atoms with Gasteiger partial charge in [-0.05, 0) is 45.6 Å². The van der Waals surface area contributed by atoms with Crippen LogP contribution in [0.25, 0.3) is 10.9 Å². The molecule has 0 radical (unpaired) electrons. The number of nitrogens with one attached hydrogen (secondary N) is 1. The Labute approximate surface area is 125 Å². The number of pyridine rings is 1. The summed E-state index contributed by atoms with van der Waals surface area (Å²) in [6.45, 7) is 1.68. The number of unbranched alkanes of at least 4 members (excludes halogenated alkanes) is 1. The van der Waals surface area contributed by atoms with E-state index in [0.717, 1.165) is 30.3 Å². The minimum atomic E-state index is -0.169. The lowest BCUT2D eigenvalue weighted by Crippen LogP contribution is -2.26. The number of nitrogens with two attached hydrogens (primary N) is 1. The van der Waals surface area contributed by atoms with E-state index in [1.807, 2.05) is 38.4 Å². The van der Waals surface area contributed by atoms with Crippen molar-refractivity contribution in [3.63, 3.8) is 0 Å². The Hall–Kier alpha value is -2.14. The summed E-state index contributed by atoms with van der Waals surface area (Å²) in [5.74, 6) is -0.169. The molecule has 0 bridgehead atoms. The average molecular weight is 286 g/mol. The Morgan fingerprint density at radius 3 is 2.81 bits per heavy atom. The van der Waals surface area contributed by atoms with Crippen molar-refractivity contribution in [1.29, 1.82) is 0 Å². The van der Waals surface area contributed by atoms with Crippen LogP contribution in [0, 0.1) is 0 Å². The van der Waals surface area contributed by atoms with Crippen LogP contribution in [0.2, 0.25) is 0 Å². The van der Waals surface area contributed by atoms with Crippen molar-refractivity contribution in [2.24, 2.45) is 0 Å². The molecule has 0 saturated carbocycles. The second kappa shape index (κ2) is 7.04. The van der Waals surface area contributed by atoms with Crippen LogP contribution in [0.3, 0.4) is 0 Å². The second-order valence-corrected chi connectivity index (χ2v) is 5.38. The van der Waals surface area contributed by atoms with Crippen molar-refractivity contribution in [2.45, 2.75) is 12.8 Å². The number of hydrogen-bond acceptors (Lipinski definition) is 4. The molecule has 2 rings (SSSR count). The van der Waals surface area contributed by atoms with Crippen molar-refractivity contribution in [3.05, 3.63) is 36.0 Å². The average Bonchev–Trinajstić information content (AvgIpc) is 2.46. The standard InChI is InChI=1S/C16H22N4O/c1-20(2)10-6-5-9-18-16(21)15-11-13(17)12-7-3-4-8-14(12)19-15/h3-4,7-8,11H,5-6,9-10H2,1-2H3,(H2,17,19)(H,18,21). The summed E-state index contributed by atoms with van der Waals surface area (Å²) in [6.07, 6.45) is 2.01. The third-order valence-corrected chi connectivity index (χ3v) is 3.30. The predicted octanol–water partition coefficient (Wildman–Crippen LogP) is 1.89. The lowest BCUT2D eigenvalue weighted by atomic mass is 10.1. The molecule has 0 fully saturated rings. The topological polar surface area (TPSA) is 71.2 Å². The van der Waals surface area contributed by atoms with Crippen LogP contribution in [0.1, 0.15) is 23.3 Å². The number of nitrogen functional groups attached to an aromatic ring is 1. The summed E-state index contributed by atoms with van der Waals surface area (Å²) < 4.78 is 0. The molecule has 0 aliphatic heterocycles. The van der Waals surface area contributed by atoms with Gasteiger partial charge in [0.05, 0.1) is 5.52 Å². The zero-order valence-electron chi connectivity index (χ0n) is 12.6. The second-order valence-electron chi connectivity index (χ2n) is 5.38. The van der Waals surface area contributed by atoms with Gasteiger partial charge in [0, 0.05) is 17.6 Å². The van der Waals surface area contributed by atoms with Crippen LogP contribution in [-0.2, 0) is 0 Å². The number of benzene rings is 1. The maximum atomic E-state index is 12.1. The van der Waals surface area contributed by atoms with E-state index in [-0.39, 0.29) is 5.91 Å². The molecule has 5 heteroatoms. The predicted molar refractivity (Wildman–Crippen MR) is 86.3 cm³/mol. The van der Waals surface area contributed by atoms with Crippen molar-refractivity contribution in [2.75, 3.05) is 32.9 Å². The first-order valence-electron chi connectivity index (χ1n) is 7.16. The van der Waals surface area contributed by atoms with Gasteiger partial charge in [-0.3, -0.25) is 4.79 Å². The molecular formula is C16H22N4O. The van der Waals surface area contributed by atoms with Crippen LogP contribution in [0.4, 0.5) is 5.69 Å². The molecule has 0 saturated heterocycles. The van der Waals surface area contributed by atoms with Crippen molar-refractivity contribution in [1.82, 2.24) is 15.2 Å². The van der Waals surface area contributed by atoms with Gasteiger partial charge in [0.15, 0.2) is 0 Å². The lowest BCUT2D eigenvalue weighted by molar-refractivity contribution is 0.0948. The Balaban J connectivity index is 1.96. The van der Waals surface area contributed by atoms with Crippen molar-refractivity contribution in [3.8, 4) is 0 Å². The first-order chi connectivity index (χ1) is 10.1. The molecule has 1 aromatic heterocycles.